The van der Waals surface area contributed by atoms with E-state index in [4.69, 9.17) is 4.74 Å². The number of aryl methyl sites for hydroxylation is 1. The van der Waals surface area contributed by atoms with Crippen molar-refractivity contribution in [1.82, 2.24) is 9.88 Å². The summed E-state index contributed by atoms with van der Waals surface area (Å²) in [7, 11) is 3.35. The van der Waals surface area contributed by atoms with Crippen LogP contribution < -0.4 is 10.1 Å². The van der Waals surface area contributed by atoms with Crippen LogP contribution >= 0.6 is 0 Å². The highest BCUT2D eigenvalue weighted by molar-refractivity contribution is 6.00. The Hall–Kier alpha value is -2.50. The predicted molar refractivity (Wildman–Crippen MR) is 83.2 cm³/mol. The number of rotatable bonds is 5. The summed E-state index contributed by atoms with van der Waals surface area (Å²) in [6.45, 7) is 3.51. The molecule has 1 aromatic heterocycles. The fourth-order valence-corrected chi connectivity index (χ4v) is 2.40. The minimum absolute atomic E-state index is 0.198. The minimum Gasteiger partial charge on any atom is -0.497 e. The molecule has 1 amide bonds. The van der Waals surface area contributed by atoms with Crippen LogP contribution in [-0.4, -0.2) is 34.7 Å². The van der Waals surface area contributed by atoms with E-state index in [0.717, 1.165) is 10.9 Å². The van der Waals surface area contributed by atoms with Crippen LogP contribution in [0.5, 0.6) is 5.75 Å². The van der Waals surface area contributed by atoms with Crippen LogP contribution in [0.15, 0.2) is 24.3 Å². The van der Waals surface area contributed by atoms with Crippen LogP contribution in [0.4, 0.5) is 0 Å². The zero-order valence-corrected chi connectivity index (χ0v) is 13.1. The molecular weight excluding hydrogens is 284 g/mol. The molecule has 6 nitrogen and oxygen atoms in total. The first-order valence-electron chi connectivity index (χ1n) is 7.02. The van der Waals surface area contributed by atoms with Gasteiger partial charge in [-0.25, -0.2) is 4.79 Å². The van der Waals surface area contributed by atoms with E-state index in [-0.39, 0.29) is 5.92 Å². The van der Waals surface area contributed by atoms with Crippen molar-refractivity contribution < 1.29 is 19.4 Å². The summed E-state index contributed by atoms with van der Waals surface area (Å²) in [5.74, 6) is -0.936. The molecular formula is C16H20N2O4. The number of fused-ring (bicyclic) bond motifs is 1. The number of nitrogens with one attached hydrogen (secondary N) is 1. The van der Waals surface area contributed by atoms with Crippen LogP contribution in [-0.2, 0) is 11.8 Å². The zero-order chi connectivity index (χ0) is 16.4. The molecule has 118 valence electrons. The number of aromatic nitrogens is 1. The fourth-order valence-electron chi connectivity index (χ4n) is 2.40. The summed E-state index contributed by atoms with van der Waals surface area (Å²) in [6.07, 6.45) is 0. The molecule has 2 rings (SSSR count). The molecule has 22 heavy (non-hydrogen) atoms. The molecule has 0 aliphatic rings. The highest BCUT2D eigenvalue weighted by Crippen LogP contribution is 2.23. The van der Waals surface area contributed by atoms with Gasteiger partial charge < -0.3 is 19.7 Å². The van der Waals surface area contributed by atoms with E-state index in [9.17, 15) is 14.7 Å². The van der Waals surface area contributed by atoms with Crippen molar-refractivity contribution in [1.29, 1.82) is 0 Å². The van der Waals surface area contributed by atoms with Gasteiger partial charge >= 0.3 is 5.97 Å². The highest BCUT2D eigenvalue weighted by atomic mass is 16.5. The first kappa shape index (κ1) is 15.9. The predicted octanol–water partition coefficient (Wildman–Crippen LogP) is 2.03. The molecule has 0 aliphatic heterocycles. The van der Waals surface area contributed by atoms with Gasteiger partial charge in [-0.3, -0.25) is 4.79 Å². The number of nitrogens with zero attached hydrogens (tertiary/aromatic N) is 1. The molecule has 1 heterocycles. The van der Waals surface area contributed by atoms with E-state index >= 15 is 0 Å². The fraction of sp³-hybridized carbons (Fsp3) is 0.375. The smallest absolute Gasteiger partial charge is 0.326 e. The SMILES string of the molecule is COc1ccc2c(c1)cc(C(=O)NC(C(=O)O)C(C)C)n2C. The molecule has 0 aliphatic carbocycles. The maximum absolute atomic E-state index is 12.4. The Kier molecular flexibility index (Phi) is 4.40. The Balaban J connectivity index is 2.35. The van der Waals surface area contributed by atoms with Crippen molar-refractivity contribution in [2.75, 3.05) is 7.11 Å². The van der Waals surface area contributed by atoms with Crippen LogP contribution in [0.25, 0.3) is 10.9 Å². The van der Waals surface area contributed by atoms with Crippen molar-refractivity contribution in [2.45, 2.75) is 19.9 Å². The molecule has 0 radical (unpaired) electrons. The molecule has 0 saturated carbocycles. The van der Waals surface area contributed by atoms with E-state index in [1.807, 2.05) is 18.2 Å². The Morgan fingerprint density at radius 1 is 1.27 bits per heavy atom. The van der Waals surface area contributed by atoms with Gasteiger partial charge in [0.15, 0.2) is 0 Å². The zero-order valence-electron chi connectivity index (χ0n) is 13.1. The standard InChI is InChI=1S/C16H20N2O4/c1-9(2)14(16(20)21)17-15(19)13-8-10-7-11(22-4)5-6-12(10)18(13)3/h5-9,14H,1-4H3,(H,17,19)(H,20,21). The second kappa shape index (κ2) is 6.09. The molecule has 6 heteroatoms. The van der Waals surface area contributed by atoms with Crippen molar-refractivity contribution in [3.8, 4) is 5.75 Å². The number of ether oxygens (including phenoxy) is 1. The van der Waals surface area contributed by atoms with E-state index in [1.54, 1.807) is 38.6 Å². The lowest BCUT2D eigenvalue weighted by molar-refractivity contribution is -0.140. The number of methoxy groups -OCH3 is 1. The maximum atomic E-state index is 12.4. The Labute approximate surface area is 128 Å². The number of hydrogen-bond acceptors (Lipinski definition) is 3. The van der Waals surface area contributed by atoms with Gasteiger partial charge in [0.25, 0.3) is 5.91 Å². The quantitative estimate of drug-likeness (QED) is 0.885. The van der Waals surface area contributed by atoms with Crippen molar-refractivity contribution in [3.05, 3.63) is 30.0 Å². The number of carboxylic acid groups (broad SMARTS) is 1. The number of amides is 1. The molecule has 1 unspecified atom stereocenters. The van der Waals surface area contributed by atoms with E-state index < -0.39 is 17.9 Å². The first-order chi connectivity index (χ1) is 10.3. The lowest BCUT2D eigenvalue weighted by Crippen LogP contribution is -2.44. The third-order valence-corrected chi connectivity index (χ3v) is 3.70. The van der Waals surface area contributed by atoms with Gasteiger partial charge in [0.1, 0.15) is 17.5 Å². The first-order valence-corrected chi connectivity index (χ1v) is 7.02. The molecule has 0 fully saturated rings. The number of aliphatic carboxylic acids is 1. The summed E-state index contributed by atoms with van der Waals surface area (Å²) >= 11 is 0. The van der Waals surface area contributed by atoms with Crippen LogP contribution in [0.3, 0.4) is 0 Å². The van der Waals surface area contributed by atoms with Crippen LogP contribution in [0.2, 0.25) is 0 Å². The third kappa shape index (κ3) is 2.90. The Morgan fingerprint density at radius 2 is 1.95 bits per heavy atom. The molecule has 0 bridgehead atoms. The summed E-state index contributed by atoms with van der Waals surface area (Å²) in [5.41, 5.74) is 1.29. The van der Waals surface area contributed by atoms with Crippen molar-refractivity contribution in [3.63, 3.8) is 0 Å². The van der Waals surface area contributed by atoms with Crippen molar-refractivity contribution in [2.24, 2.45) is 13.0 Å². The largest absolute Gasteiger partial charge is 0.497 e. The number of benzene rings is 1. The number of carbonyl (C=O) groups excluding carboxylic acids is 1. The van der Waals surface area contributed by atoms with Gasteiger partial charge in [-0.15, -0.1) is 0 Å². The molecule has 2 N–H and O–H groups in total. The molecule has 2 aromatic rings. The normalized spacial score (nSPS) is 12.4. The van der Waals surface area contributed by atoms with E-state index in [0.29, 0.717) is 11.4 Å². The monoisotopic (exact) mass is 304 g/mol. The van der Waals surface area contributed by atoms with Gasteiger partial charge in [-0.05, 0) is 30.2 Å². The second-order valence-corrected chi connectivity index (χ2v) is 5.55. The van der Waals surface area contributed by atoms with Gasteiger partial charge in [-0.2, -0.15) is 0 Å². The molecule has 0 spiro atoms. The topological polar surface area (TPSA) is 80.6 Å². The van der Waals surface area contributed by atoms with Crippen LogP contribution in [0, 0.1) is 5.92 Å². The maximum Gasteiger partial charge on any atom is 0.326 e. The summed E-state index contributed by atoms with van der Waals surface area (Å²) in [4.78, 5) is 23.6. The molecule has 1 aromatic carbocycles. The van der Waals surface area contributed by atoms with Gasteiger partial charge in [0.05, 0.1) is 7.11 Å². The van der Waals surface area contributed by atoms with Gasteiger partial charge in [0.2, 0.25) is 0 Å². The summed E-state index contributed by atoms with van der Waals surface area (Å²) in [6, 6.07) is 6.33. The number of hydrogen-bond donors (Lipinski definition) is 2. The van der Waals surface area contributed by atoms with E-state index in [1.165, 1.54) is 0 Å². The Bertz CT molecular complexity index is 718. The van der Waals surface area contributed by atoms with Crippen LogP contribution in [0.1, 0.15) is 24.3 Å². The summed E-state index contributed by atoms with van der Waals surface area (Å²) in [5, 5.41) is 12.6. The Morgan fingerprint density at radius 3 is 2.50 bits per heavy atom. The van der Waals surface area contributed by atoms with Crippen molar-refractivity contribution >= 4 is 22.8 Å². The average Bonchev–Trinajstić information content (AvgIpc) is 2.80. The minimum atomic E-state index is -1.04. The number of carbonyl (C=O) groups is 2. The number of carboxylic acids is 1. The summed E-state index contributed by atoms with van der Waals surface area (Å²) < 4.78 is 6.91. The lowest BCUT2D eigenvalue weighted by Gasteiger charge is -2.18. The van der Waals surface area contributed by atoms with E-state index in [2.05, 4.69) is 5.32 Å². The van der Waals surface area contributed by atoms with Gasteiger partial charge in [0, 0.05) is 18.0 Å². The lowest BCUT2D eigenvalue weighted by atomic mass is 10.0. The average molecular weight is 304 g/mol. The third-order valence-electron chi connectivity index (χ3n) is 3.70. The molecule has 0 saturated heterocycles. The van der Waals surface area contributed by atoms with Gasteiger partial charge in [-0.1, -0.05) is 13.8 Å². The highest BCUT2D eigenvalue weighted by Gasteiger charge is 2.25. The molecule has 1 atom stereocenters. The second-order valence-electron chi connectivity index (χ2n) is 5.55.